The van der Waals surface area contributed by atoms with Crippen molar-refractivity contribution in [2.75, 3.05) is 6.54 Å². The molecule has 0 bridgehead atoms. The molecule has 2 aromatic heterocycles. The van der Waals surface area contributed by atoms with Crippen LogP contribution in [0.5, 0.6) is 0 Å². The van der Waals surface area contributed by atoms with E-state index in [1.807, 2.05) is 16.8 Å². The van der Waals surface area contributed by atoms with Crippen LogP contribution in [0.2, 0.25) is 0 Å². The fourth-order valence-corrected chi connectivity index (χ4v) is 2.25. The first-order valence-electron chi connectivity index (χ1n) is 7.31. The molecule has 2 rings (SSSR count). The molecule has 8 nitrogen and oxygen atoms in total. The van der Waals surface area contributed by atoms with Gasteiger partial charge in [-0.15, -0.1) is 0 Å². The van der Waals surface area contributed by atoms with E-state index in [0.717, 1.165) is 5.56 Å². The molecule has 0 atom stereocenters. The zero-order chi connectivity index (χ0) is 17.6. The quantitative estimate of drug-likeness (QED) is 0.796. The molecule has 0 spiro atoms. The molecule has 1 amide bonds. The van der Waals surface area contributed by atoms with Crippen molar-refractivity contribution in [3.05, 3.63) is 22.7 Å². The first-order valence-corrected chi connectivity index (χ1v) is 8.25. The minimum atomic E-state index is -0.581. The normalized spacial score (nSPS) is 11.1. The van der Waals surface area contributed by atoms with Crippen LogP contribution >= 0.6 is 11.3 Å². The van der Waals surface area contributed by atoms with Gasteiger partial charge in [-0.25, -0.2) is 4.79 Å². The first kappa shape index (κ1) is 17.9. The maximum Gasteiger partial charge on any atom is 0.407 e. The smallest absolute Gasteiger partial charge is 0.407 e. The lowest BCUT2D eigenvalue weighted by Gasteiger charge is -2.19. The largest absolute Gasteiger partial charge is 0.456 e. The van der Waals surface area contributed by atoms with E-state index < -0.39 is 17.7 Å². The molecule has 9 heteroatoms. The Morgan fingerprint density at radius 2 is 2.17 bits per heavy atom. The van der Waals surface area contributed by atoms with Crippen LogP contribution in [-0.4, -0.2) is 34.3 Å². The number of ether oxygens (including phenoxy) is 2. The van der Waals surface area contributed by atoms with Gasteiger partial charge >= 0.3 is 12.1 Å². The van der Waals surface area contributed by atoms with Crippen molar-refractivity contribution in [2.45, 2.75) is 39.4 Å². The second kappa shape index (κ2) is 7.91. The highest BCUT2D eigenvalue weighted by atomic mass is 32.1. The van der Waals surface area contributed by atoms with Gasteiger partial charge in [-0.3, -0.25) is 4.79 Å². The summed E-state index contributed by atoms with van der Waals surface area (Å²) in [4.78, 5) is 27.2. The van der Waals surface area contributed by atoms with Crippen LogP contribution < -0.4 is 5.32 Å². The molecule has 0 saturated carbocycles. The highest BCUT2D eigenvalue weighted by molar-refractivity contribution is 7.08. The summed E-state index contributed by atoms with van der Waals surface area (Å²) in [6, 6.07) is 1.87. The van der Waals surface area contributed by atoms with Crippen LogP contribution in [0.4, 0.5) is 4.79 Å². The van der Waals surface area contributed by atoms with E-state index >= 15 is 0 Å². The number of nitrogens with zero attached hydrogens (tertiary/aromatic N) is 2. The van der Waals surface area contributed by atoms with Gasteiger partial charge in [-0.1, -0.05) is 5.16 Å². The Hall–Kier alpha value is -2.42. The van der Waals surface area contributed by atoms with Gasteiger partial charge in [0.1, 0.15) is 5.60 Å². The first-order chi connectivity index (χ1) is 11.3. The van der Waals surface area contributed by atoms with Crippen molar-refractivity contribution in [2.24, 2.45) is 0 Å². The van der Waals surface area contributed by atoms with Gasteiger partial charge in [0, 0.05) is 17.5 Å². The van der Waals surface area contributed by atoms with Gasteiger partial charge < -0.3 is 19.3 Å². The van der Waals surface area contributed by atoms with Crippen molar-refractivity contribution >= 4 is 23.4 Å². The molecule has 0 fully saturated rings. The monoisotopic (exact) mass is 353 g/mol. The molecule has 1 N–H and O–H groups in total. The van der Waals surface area contributed by atoms with E-state index in [1.54, 1.807) is 20.8 Å². The zero-order valence-corrected chi connectivity index (χ0v) is 14.5. The Balaban J connectivity index is 1.67. The Labute approximate surface area is 143 Å². The van der Waals surface area contributed by atoms with E-state index in [-0.39, 0.29) is 25.5 Å². The van der Waals surface area contributed by atoms with Gasteiger partial charge in [0.25, 0.3) is 5.89 Å². The lowest BCUT2D eigenvalue weighted by molar-refractivity contribution is -0.145. The third-order valence-electron chi connectivity index (χ3n) is 2.60. The number of rotatable bonds is 6. The molecule has 0 aliphatic carbocycles. The summed E-state index contributed by atoms with van der Waals surface area (Å²) in [5, 5.41) is 10.1. The molecule has 2 heterocycles. The van der Waals surface area contributed by atoms with Gasteiger partial charge in [0.05, 0.1) is 6.42 Å². The van der Waals surface area contributed by atoms with Gasteiger partial charge in [0.2, 0.25) is 5.82 Å². The number of hydrogen-bond acceptors (Lipinski definition) is 8. The average molecular weight is 353 g/mol. The lowest BCUT2D eigenvalue weighted by Crippen LogP contribution is -2.33. The number of thiophene rings is 1. The number of hydrogen-bond donors (Lipinski definition) is 1. The fraction of sp³-hybridized carbons (Fsp3) is 0.467. The van der Waals surface area contributed by atoms with Crippen molar-refractivity contribution < 1.29 is 23.6 Å². The van der Waals surface area contributed by atoms with Gasteiger partial charge in [-0.05, 0) is 32.2 Å². The van der Waals surface area contributed by atoms with Crippen LogP contribution in [0.25, 0.3) is 11.4 Å². The molecule has 0 unspecified atom stereocenters. The SMILES string of the molecule is CC(C)(C)OC(=O)NCCC(=O)OCc1nc(-c2ccsc2)no1. The predicted octanol–water partition coefficient (Wildman–Crippen LogP) is 2.76. The highest BCUT2D eigenvalue weighted by Crippen LogP contribution is 2.18. The minimum absolute atomic E-state index is 0.0186. The molecule has 0 aliphatic heterocycles. The minimum Gasteiger partial charge on any atom is -0.456 e. The fourth-order valence-electron chi connectivity index (χ4n) is 1.62. The van der Waals surface area contributed by atoms with E-state index in [1.165, 1.54) is 11.3 Å². The van der Waals surface area contributed by atoms with Crippen LogP contribution in [0, 0.1) is 0 Å². The van der Waals surface area contributed by atoms with E-state index in [4.69, 9.17) is 14.0 Å². The summed E-state index contributed by atoms with van der Waals surface area (Å²) in [6.45, 7) is 5.29. The molecule has 0 saturated heterocycles. The van der Waals surface area contributed by atoms with E-state index in [0.29, 0.717) is 5.82 Å². The summed E-state index contributed by atoms with van der Waals surface area (Å²) in [5.41, 5.74) is 0.269. The van der Waals surface area contributed by atoms with Crippen molar-refractivity contribution in [1.29, 1.82) is 0 Å². The lowest BCUT2D eigenvalue weighted by atomic mass is 10.2. The highest BCUT2D eigenvalue weighted by Gasteiger charge is 2.16. The van der Waals surface area contributed by atoms with Gasteiger partial charge in [-0.2, -0.15) is 16.3 Å². The van der Waals surface area contributed by atoms with Crippen LogP contribution in [0.15, 0.2) is 21.3 Å². The summed E-state index contributed by atoms with van der Waals surface area (Å²) >= 11 is 1.52. The Morgan fingerprint density at radius 3 is 2.83 bits per heavy atom. The van der Waals surface area contributed by atoms with E-state index in [9.17, 15) is 9.59 Å². The second-order valence-corrected chi connectivity index (χ2v) is 6.64. The summed E-state index contributed by atoms with van der Waals surface area (Å²) in [6.07, 6.45) is -0.558. The number of nitrogens with one attached hydrogen (secondary N) is 1. The van der Waals surface area contributed by atoms with Crippen LogP contribution in [0.1, 0.15) is 33.1 Å². The number of esters is 1. The summed E-state index contributed by atoms with van der Waals surface area (Å²) in [7, 11) is 0. The average Bonchev–Trinajstić information content (AvgIpc) is 3.14. The number of carbonyl (C=O) groups is 2. The Morgan fingerprint density at radius 1 is 1.38 bits per heavy atom. The van der Waals surface area contributed by atoms with Crippen molar-refractivity contribution in [3.8, 4) is 11.4 Å². The second-order valence-electron chi connectivity index (χ2n) is 5.86. The molecule has 24 heavy (non-hydrogen) atoms. The maximum absolute atomic E-state index is 11.6. The number of amides is 1. The maximum atomic E-state index is 11.6. The van der Waals surface area contributed by atoms with Crippen LogP contribution in [-0.2, 0) is 20.9 Å². The molecule has 130 valence electrons. The topological polar surface area (TPSA) is 104 Å². The van der Waals surface area contributed by atoms with Crippen molar-refractivity contribution in [3.63, 3.8) is 0 Å². The third-order valence-corrected chi connectivity index (χ3v) is 3.28. The number of aromatic nitrogens is 2. The van der Waals surface area contributed by atoms with Crippen LogP contribution in [0.3, 0.4) is 0 Å². The zero-order valence-electron chi connectivity index (χ0n) is 13.7. The number of carbonyl (C=O) groups excluding carboxylic acids is 2. The molecular formula is C15H19N3O5S. The third kappa shape index (κ3) is 5.99. The predicted molar refractivity (Wildman–Crippen MR) is 86.3 cm³/mol. The van der Waals surface area contributed by atoms with Gasteiger partial charge in [0.15, 0.2) is 6.61 Å². The Kier molecular flexibility index (Phi) is 5.91. The summed E-state index contributed by atoms with van der Waals surface area (Å²) < 4.78 is 15.1. The Bertz CT molecular complexity index is 676. The molecule has 0 aromatic carbocycles. The molecule has 2 aromatic rings. The number of alkyl carbamates (subject to hydrolysis) is 1. The molecular weight excluding hydrogens is 334 g/mol. The summed E-state index contributed by atoms with van der Waals surface area (Å²) in [5.74, 6) is 0.180. The van der Waals surface area contributed by atoms with Crippen molar-refractivity contribution in [1.82, 2.24) is 15.5 Å². The molecule has 0 radical (unpaired) electrons. The standard InChI is InChI=1S/C15H19N3O5S/c1-15(2,3)22-14(20)16-6-4-12(19)21-8-11-17-13(18-23-11)10-5-7-24-9-10/h5,7,9H,4,6,8H2,1-3H3,(H,16,20). The van der Waals surface area contributed by atoms with E-state index in [2.05, 4.69) is 15.5 Å². The molecule has 0 aliphatic rings.